The molecule has 1 rings (SSSR count). The maximum atomic E-state index is 11.8. The number of nitrogens with zero attached hydrogens (tertiary/aromatic N) is 2. The molecule has 4 heteroatoms. The minimum absolute atomic E-state index is 0.147. The third kappa shape index (κ3) is 4.11. The van der Waals surface area contributed by atoms with Crippen molar-refractivity contribution in [1.29, 1.82) is 0 Å². The minimum Gasteiger partial charge on any atom is -0.342 e. The van der Waals surface area contributed by atoms with Crippen LogP contribution in [-0.2, 0) is 17.8 Å². The van der Waals surface area contributed by atoms with Crippen LogP contribution in [-0.4, -0.2) is 35.4 Å². The minimum atomic E-state index is 0.147. The van der Waals surface area contributed by atoms with Crippen molar-refractivity contribution in [3.63, 3.8) is 0 Å². The summed E-state index contributed by atoms with van der Waals surface area (Å²) >= 11 is 0. The molecule has 0 aromatic carbocycles. The molecule has 1 aromatic rings. The molecule has 1 heterocycles. The smallest absolute Gasteiger partial charge is 0.236 e. The Morgan fingerprint density at radius 1 is 1.33 bits per heavy atom. The van der Waals surface area contributed by atoms with E-state index in [9.17, 15) is 4.79 Å². The predicted octanol–water partition coefficient (Wildman–Crippen LogP) is 1.60. The summed E-state index contributed by atoms with van der Waals surface area (Å²) in [5, 5.41) is 3.17. The SMILES string of the molecule is CCc1cccnc1CNCC(=O)N(CC)CC. The second-order valence-electron chi connectivity index (χ2n) is 4.13. The maximum absolute atomic E-state index is 11.8. The quantitative estimate of drug-likeness (QED) is 0.798. The van der Waals surface area contributed by atoms with Crippen molar-refractivity contribution in [2.75, 3.05) is 19.6 Å². The lowest BCUT2D eigenvalue weighted by molar-refractivity contribution is -0.129. The Morgan fingerprint density at radius 2 is 2.06 bits per heavy atom. The van der Waals surface area contributed by atoms with Gasteiger partial charge in [0.2, 0.25) is 5.91 Å². The normalized spacial score (nSPS) is 10.4. The van der Waals surface area contributed by atoms with Gasteiger partial charge in [0.05, 0.1) is 12.2 Å². The van der Waals surface area contributed by atoms with Gasteiger partial charge in [-0.1, -0.05) is 13.0 Å². The molecule has 0 atom stereocenters. The van der Waals surface area contributed by atoms with Crippen LogP contribution in [0.4, 0.5) is 0 Å². The number of carbonyl (C=O) groups is 1. The van der Waals surface area contributed by atoms with Crippen LogP contribution in [0.5, 0.6) is 0 Å². The van der Waals surface area contributed by atoms with E-state index in [4.69, 9.17) is 0 Å². The zero-order valence-corrected chi connectivity index (χ0v) is 11.6. The van der Waals surface area contributed by atoms with Crippen LogP contribution in [0, 0.1) is 0 Å². The number of hydrogen-bond acceptors (Lipinski definition) is 3. The van der Waals surface area contributed by atoms with Gasteiger partial charge < -0.3 is 10.2 Å². The van der Waals surface area contributed by atoms with Gasteiger partial charge in [-0.3, -0.25) is 9.78 Å². The summed E-state index contributed by atoms with van der Waals surface area (Å²) in [5.41, 5.74) is 2.27. The predicted molar refractivity (Wildman–Crippen MR) is 73.2 cm³/mol. The highest BCUT2D eigenvalue weighted by Crippen LogP contribution is 2.05. The van der Waals surface area contributed by atoms with E-state index in [0.717, 1.165) is 25.2 Å². The highest BCUT2D eigenvalue weighted by Gasteiger charge is 2.09. The van der Waals surface area contributed by atoms with E-state index < -0.39 is 0 Å². The van der Waals surface area contributed by atoms with Crippen LogP contribution in [0.3, 0.4) is 0 Å². The van der Waals surface area contributed by atoms with Crippen LogP contribution >= 0.6 is 0 Å². The number of aryl methyl sites for hydroxylation is 1. The largest absolute Gasteiger partial charge is 0.342 e. The standard InChI is InChI=1S/C14H23N3O/c1-4-12-8-7-9-16-13(12)10-15-11-14(18)17(5-2)6-3/h7-9,15H,4-6,10-11H2,1-3H3. The summed E-state index contributed by atoms with van der Waals surface area (Å²) < 4.78 is 0. The maximum Gasteiger partial charge on any atom is 0.236 e. The van der Waals surface area contributed by atoms with E-state index in [1.54, 1.807) is 6.20 Å². The van der Waals surface area contributed by atoms with Crippen LogP contribution in [0.25, 0.3) is 0 Å². The van der Waals surface area contributed by atoms with Gasteiger partial charge in [0.15, 0.2) is 0 Å². The van der Waals surface area contributed by atoms with Gasteiger partial charge in [-0.05, 0) is 31.9 Å². The number of carbonyl (C=O) groups excluding carboxylic acids is 1. The van der Waals surface area contributed by atoms with Crippen molar-refractivity contribution >= 4 is 5.91 Å². The second kappa shape index (κ2) is 7.82. The molecule has 1 aromatic heterocycles. The van der Waals surface area contributed by atoms with Gasteiger partial charge in [0, 0.05) is 25.8 Å². The Bertz CT molecular complexity index is 375. The molecule has 18 heavy (non-hydrogen) atoms. The number of aromatic nitrogens is 1. The summed E-state index contributed by atoms with van der Waals surface area (Å²) in [4.78, 5) is 18.0. The molecule has 0 bridgehead atoms. The monoisotopic (exact) mass is 249 g/mol. The Labute approximate surface area is 109 Å². The first-order valence-electron chi connectivity index (χ1n) is 6.64. The fraction of sp³-hybridized carbons (Fsp3) is 0.571. The average Bonchev–Trinajstić information content (AvgIpc) is 2.40. The molecule has 0 spiro atoms. The molecule has 0 saturated heterocycles. The average molecular weight is 249 g/mol. The van der Waals surface area contributed by atoms with Crippen molar-refractivity contribution in [1.82, 2.24) is 15.2 Å². The summed E-state index contributed by atoms with van der Waals surface area (Å²) in [6, 6.07) is 4.03. The zero-order valence-electron chi connectivity index (χ0n) is 11.6. The van der Waals surface area contributed by atoms with Gasteiger partial charge in [-0.15, -0.1) is 0 Å². The molecule has 0 unspecified atom stereocenters. The molecule has 0 aliphatic carbocycles. The third-order valence-corrected chi connectivity index (χ3v) is 3.05. The number of hydrogen-bond donors (Lipinski definition) is 1. The van der Waals surface area contributed by atoms with Gasteiger partial charge in [0.25, 0.3) is 0 Å². The summed E-state index contributed by atoms with van der Waals surface area (Å²) in [5.74, 6) is 0.147. The van der Waals surface area contributed by atoms with Crippen LogP contribution < -0.4 is 5.32 Å². The Balaban J connectivity index is 2.44. The highest BCUT2D eigenvalue weighted by atomic mass is 16.2. The molecule has 0 aliphatic rings. The first-order chi connectivity index (χ1) is 8.72. The van der Waals surface area contributed by atoms with Gasteiger partial charge >= 0.3 is 0 Å². The summed E-state index contributed by atoms with van der Waals surface area (Å²) in [7, 11) is 0. The van der Waals surface area contributed by atoms with E-state index in [2.05, 4.69) is 23.3 Å². The topological polar surface area (TPSA) is 45.2 Å². The molecule has 0 saturated carbocycles. The third-order valence-electron chi connectivity index (χ3n) is 3.05. The Kier molecular flexibility index (Phi) is 6.36. The number of pyridine rings is 1. The number of likely N-dealkylation sites (N-methyl/N-ethyl adjacent to an activating group) is 1. The van der Waals surface area contributed by atoms with Crippen molar-refractivity contribution in [2.45, 2.75) is 33.7 Å². The van der Waals surface area contributed by atoms with E-state index in [-0.39, 0.29) is 5.91 Å². The Hall–Kier alpha value is -1.42. The Morgan fingerprint density at radius 3 is 2.67 bits per heavy atom. The second-order valence-corrected chi connectivity index (χ2v) is 4.13. The van der Waals surface area contributed by atoms with Crippen LogP contribution in [0.2, 0.25) is 0 Å². The first kappa shape index (κ1) is 14.6. The van der Waals surface area contributed by atoms with Gasteiger partial charge in [-0.25, -0.2) is 0 Å². The summed E-state index contributed by atoms with van der Waals surface area (Å²) in [6.07, 6.45) is 2.76. The molecular weight excluding hydrogens is 226 g/mol. The van der Waals surface area contributed by atoms with Gasteiger partial charge in [0.1, 0.15) is 0 Å². The van der Waals surface area contributed by atoms with E-state index in [1.807, 2.05) is 24.8 Å². The molecule has 0 radical (unpaired) electrons. The molecule has 100 valence electrons. The molecule has 0 fully saturated rings. The van der Waals surface area contributed by atoms with E-state index in [1.165, 1.54) is 5.56 Å². The fourth-order valence-electron chi connectivity index (χ4n) is 1.93. The number of nitrogens with one attached hydrogen (secondary N) is 1. The molecule has 4 nitrogen and oxygen atoms in total. The van der Waals surface area contributed by atoms with E-state index >= 15 is 0 Å². The molecule has 0 aliphatic heterocycles. The van der Waals surface area contributed by atoms with Crippen molar-refractivity contribution in [3.05, 3.63) is 29.6 Å². The summed E-state index contributed by atoms with van der Waals surface area (Å²) in [6.45, 7) is 8.66. The van der Waals surface area contributed by atoms with Crippen molar-refractivity contribution in [2.24, 2.45) is 0 Å². The van der Waals surface area contributed by atoms with Crippen LogP contribution in [0.15, 0.2) is 18.3 Å². The molecule has 1 N–H and O–H groups in total. The van der Waals surface area contributed by atoms with E-state index in [0.29, 0.717) is 13.1 Å². The number of amides is 1. The van der Waals surface area contributed by atoms with Crippen molar-refractivity contribution < 1.29 is 4.79 Å². The lowest BCUT2D eigenvalue weighted by Gasteiger charge is -2.18. The number of rotatable bonds is 7. The molecular formula is C14H23N3O. The van der Waals surface area contributed by atoms with Gasteiger partial charge in [-0.2, -0.15) is 0 Å². The van der Waals surface area contributed by atoms with Crippen molar-refractivity contribution in [3.8, 4) is 0 Å². The molecule has 1 amide bonds. The zero-order chi connectivity index (χ0) is 13.4. The lowest BCUT2D eigenvalue weighted by Crippen LogP contribution is -2.37. The van der Waals surface area contributed by atoms with Crippen LogP contribution in [0.1, 0.15) is 32.0 Å². The lowest BCUT2D eigenvalue weighted by atomic mass is 10.1. The first-order valence-corrected chi connectivity index (χ1v) is 6.64. The highest BCUT2D eigenvalue weighted by molar-refractivity contribution is 5.78. The fourth-order valence-corrected chi connectivity index (χ4v) is 1.93.